The minimum absolute atomic E-state index is 0.0248. The number of pyridine rings is 1. The number of nitrogens with zero attached hydrogens (tertiary/aromatic N) is 1. The zero-order chi connectivity index (χ0) is 18.9. The Bertz CT molecular complexity index is 870. The highest BCUT2D eigenvalue weighted by atomic mass is 127. The number of benzene rings is 2. The monoisotopic (exact) mass is 474 g/mol. The average Bonchev–Trinajstić information content (AvgIpc) is 2.71. The molecule has 0 fully saturated rings. The van der Waals surface area contributed by atoms with Crippen molar-refractivity contribution in [2.24, 2.45) is 0 Å². The second kappa shape index (κ2) is 9.91. The third-order valence-electron chi connectivity index (χ3n) is 3.70. The standard InChI is InChI=1S/C21H19IN2O3/c22-18-6-8-19(9-7-18)26-15-20(25)24-13-17-10-11-23-21(12-17)27-14-16-4-2-1-3-5-16/h1-12H,13-15H2,(H,24,25). The lowest BCUT2D eigenvalue weighted by molar-refractivity contribution is -0.123. The van der Waals surface area contributed by atoms with Crippen LogP contribution in [0, 0.1) is 3.57 Å². The molecule has 0 unspecified atom stereocenters. The van der Waals surface area contributed by atoms with Gasteiger partial charge in [0.1, 0.15) is 12.4 Å². The van der Waals surface area contributed by atoms with Crippen molar-refractivity contribution in [1.82, 2.24) is 10.3 Å². The Morgan fingerprint density at radius 1 is 0.963 bits per heavy atom. The molecule has 0 aliphatic rings. The maximum atomic E-state index is 12.0. The van der Waals surface area contributed by atoms with Gasteiger partial charge in [-0.3, -0.25) is 4.79 Å². The summed E-state index contributed by atoms with van der Waals surface area (Å²) in [6, 6.07) is 21.1. The first-order valence-electron chi connectivity index (χ1n) is 8.46. The molecule has 1 aromatic heterocycles. The van der Waals surface area contributed by atoms with E-state index in [1.807, 2.05) is 66.7 Å². The first-order chi connectivity index (χ1) is 13.2. The van der Waals surface area contributed by atoms with E-state index in [4.69, 9.17) is 9.47 Å². The van der Waals surface area contributed by atoms with Crippen LogP contribution in [0.2, 0.25) is 0 Å². The van der Waals surface area contributed by atoms with Crippen LogP contribution in [0.5, 0.6) is 11.6 Å². The van der Waals surface area contributed by atoms with Crippen molar-refractivity contribution >= 4 is 28.5 Å². The predicted molar refractivity (Wildman–Crippen MR) is 112 cm³/mol. The Labute approximate surface area is 171 Å². The number of nitrogens with one attached hydrogen (secondary N) is 1. The molecule has 2 aromatic carbocycles. The van der Waals surface area contributed by atoms with Crippen molar-refractivity contribution in [2.75, 3.05) is 6.61 Å². The number of aromatic nitrogens is 1. The molecule has 0 bridgehead atoms. The molecule has 3 rings (SSSR count). The summed E-state index contributed by atoms with van der Waals surface area (Å²) in [4.78, 5) is 16.2. The summed E-state index contributed by atoms with van der Waals surface area (Å²) in [7, 11) is 0. The Hall–Kier alpha value is -2.61. The van der Waals surface area contributed by atoms with Gasteiger partial charge in [-0.2, -0.15) is 0 Å². The minimum Gasteiger partial charge on any atom is -0.484 e. The molecule has 0 spiro atoms. The highest BCUT2D eigenvalue weighted by Gasteiger charge is 2.05. The smallest absolute Gasteiger partial charge is 0.258 e. The van der Waals surface area contributed by atoms with Crippen LogP contribution in [0.15, 0.2) is 72.9 Å². The van der Waals surface area contributed by atoms with E-state index in [1.165, 1.54) is 0 Å². The van der Waals surface area contributed by atoms with E-state index < -0.39 is 0 Å². The Balaban J connectivity index is 1.44. The fourth-order valence-electron chi connectivity index (χ4n) is 2.30. The van der Waals surface area contributed by atoms with E-state index >= 15 is 0 Å². The van der Waals surface area contributed by atoms with Gasteiger partial charge in [0.2, 0.25) is 5.88 Å². The van der Waals surface area contributed by atoms with Crippen LogP contribution in [0.3, 0.4) is 0 Å². The summed E-state index contributed by atoms with van der Waals surface area (Å²) in [5, 5.41) is 2.83. The molecule has 27 heavy (non-hydrogen) atoms. The molecule has 6 heteroatoms. The quantitative estimate of drug-likeness (QED) is 0.503. The van der Waals surface area contributed by atoms with E-state index in [9.17, 15) is 4.79 Å². The highest BCUT2D eigenvalue weighted by Crippen LogP contribution is 2.14. The van der Waals surface area contributed by atoms with Crippen LogP contribution in [0.25, 0.3) is 0 Å². The Kier molecular flexibility index (Phi) is 7.04. The van der Waals surface area contributed by atoms with Crippen LogP contribution >= 0.6 is 22.6 Å². The molecule has 3 aromatic rings. The van der Waals surface area contributed by atoms with Crippen LogP contribution in [0.4, 0.5) is 0 Å². The van der Waals surface area contributed by atoms with E-state index in [0.717, 1.165) is 14.7 Å². The van der Waals surface area contributed by atoms with Gasteiger partial charge in [0.05, 0.1) is 0 Å². The van der Waals surface area contributed by atoms with Crippen LogP contribution in [-0.2, 0) is 17.9 Å². The molecule has 138 valence electrons. The Morgan fingerprint density at radius 3 is 2.52 bits per heavy atom. The zero-order valence-electron chi connectivity index (χ0n) is 14.6. The van der Waals surface area contributed by atoms with E-state index in [0.29, 0.717) is 24.8 Å². The van der Waals surface area contributed by atoms with Crippen molar-refractivity contribution in [1.29, 1.82) is 0 Å². The number of hydrogen-bond acceptors (Lipinski definition) is 4. The summed E-state index contributed by atoms with van der Waals surface area (Å²) in [5.74, 6) is 1.02. The number of ether oxygens (including phenoxy) is 2. The molecule has 0 saturated carbocycles. The minimum atomic E-state index is -0.183. The molecule has 1 heterocycles. The third-order valence-corrected chi connectivity index (χ3v) is 4.42. The fraction of sp³-hybridized carbons (Fsp3) is 0.143. The van der Waals surface area contributed by atoms with E-state index in [2.05, 4.69) is 32.9 Å². The van der Waals surface area contributed by atoms with Crippen LogP contribution in [-0.4, -0.2) is 17.5 Å². The average molecular weight is 474 g/mol. The maximum Gasteiger partial charge on any atom is 0.258 e. The van der Waals surface area contributed by atoms with Gasteiger partial charge in [0, 0.05) is 22.4 Å². The van der Waals surface area contributed by atoms with Crippen molar-refractivity contribution < 1.29 is 14.3 Å². The topological polar surface area (TPSA) is 60.5 Å². The van der Waals surface area contributed by atoms with E-state index in [1.54, 1.807) is 6.20 Å². The number of carbonyl (C=O) groups is 1. The van der Waals surface area contributed by atoms with Gasteiger partial charge in [-0.05, 0) is 64.0 Å². The highest BCUT2D eigenvalue weighted by molar-refractivity contribution is 14.1. The lowest BCUT2D eigenvalue weighted by atomic mass is 10.2. The lowest BCUT2D eigenvalue weighted by Crippen LogP contribution is -2.28. The molecule has 0 saturated heterocycles. The molecular weight excluding hydrogens is 455 g/mol. The van der Waals surface area contributed by atoms with Gasteiger partial charge in [0.15, 0.2) is 6.61 Å². The fourth-order valence-corrected chi connectivity index (χ4v) is 2.66. The van der Waals surface area contributed by atoms with Gasteiger partial charge >= 0.3 is 0 Å². The number of amides is 1. The third kappa shape index (κ3) is 6.56. The molecule has 1 amide bonds. The molecular formula is C21H19IN2O3. The number of rotatable bonds is 8. The Morgan fingerprint density at radius 2 is 1.74 bits per heavy atom. The second-order valence-electron chi connectivity index (χ2n) is 5.80. The van der Waals surface area contributed by atoms with Gasteiger partial charge in [-0.1, -0.05) is 30.3 Å². The normalized spacial score (nSPS) is 10.3. The lowest BCUT2D eigenvalue weighted by Gasteiger charge is -2.09. The zero-order valence-corrected chi connectivity index (χ0v) is 16.8. The summed E-state index contributed by atoms with van der Waals surface area (Å²) in [6.45, 7) is 0.815. The van der Waals surface area contributed by atoms with Gasteiger partial charge < -0.3 is 14.8 Å². The van der Waals surface area contributed by atoms with Gasteiger partial charge in [-0.25, -0.2) is 4.98 Å². The maximum absolute atomic E-state index is 12.0. The van der Waals surface area contributed by atoms with E-state index in [-0.39, 0.29) is 12.5 Å². The summed E-state index contributed by atoms with van der Waals surface area (Å²) >= 11 is 2.22. The summed E-state index contributed by atoms with van der Waals surface area (Å²) < 4.78 is 12.3. The first-order valence-corrected chi connectivity index (χ1v) is 9.53. The predicted octanol–water partition coefficient (Wildman–Crippen LogP) is 3.96. The molecule has 0 atom stereocenters. The molecule has 1 N–H and O–H groups in total. The SMILES string of the molecule is O=C(COc1ccc(I)cc1)NCc1ccnc(OCc2ccccc2)c1. The van der Waals surface area contributed by atoms with Crippen molar-refractivity contribution in [3.63, 3.8) is 0 Å². The number of halogens is 1. The molecule has 0 aliphatic heterocycles. The van der Waals surface area contributed by atoms with Gasteiger partial charge in [0.25, 0.3) is 5.91 Å². The summed E-state index contributed by atoms with van der Waals surface area (Å²) in [6.07, 6.45) is 1.67. The van der Waals surface area contributed by atoms with Crippen molar-refractivity contribution in [2.45, 2.75) is 13.2 Å². The van der Waals surface area contributed by atoms with Crippen molar-refractivity contribution in [3.05, 3.63) is 87.6 Å². The molecule has 5 nitrogen and oxygen atoms in total. The molecule has 0 aliphatic carbocycles. The molecule has 0 radical (unpaired) electrons. The van der Waals surface area contributed by atoms with Gasteiger partial charge in [-0.15, -0.1) is 0 Å². The first kappa shape index (κ1) is 19.2. The number of carbonyl (C=O) groups excluding carboxylic acids is 1. The summed E-state index contributed by atoms with van der Waals surface area (Å²) in [5.41, 5.74) is 1.99. The van der Waals surface area contributed by atoms with Crippen molar-refractivity contribution in [3.8, 4) is 11.6 Å². The number of hydrogen-bond donors (Lipinski definition) is 1. The van der Waals surface area contributed by atoms with Crippen LogP contribution < -0.4 is 14.8 Å². The largest absolute Gasteiger partial charge is 0.484 e. The van der Waals surface area contributed by atoms with Crippen LogP contribution in [0.1, 0.15) is 11.1 Å². The second-order valence-corrected chi connectivity index (χ2v) is 7.04.